The number of hydrogen-bond acceptors (Lipinski definition) is 5. The molecule has 0 unspecified atom stereocenters. The molecular formula is C8H13NO6S2. The van der Waals surface area contributed by atoms with Gasteiger partial charge in [0.25, 0.3) is 10.1 Å². The van der Waals surface area contributed by atoms with E-state index in [-0.39, 0.29) is 0 Å². The van der Waals surface area contributed by atoms with Crippen molar-refractivity contribution in [3.63, 3.8) is 0 Å². The third kappa shape index (κ3) is 3.05. The van der Waals surface area contributed by atoms with Crippen molar-refractivity contribution in [2.75, 3.05) is 11.5 Å². The number of rotatable bonds is 3. The molecule has 0 aromatic rings. The fraction of sp³-hybridized carbons (Fsp3) is 0.625. The molecule has 0 aromatic heterocycles. The van der Waals surface area contributed by atoms with Gasteiger partial charge in [0.2, 0.25) is 5.91 Å². The van der Waals surface area contributed by atoms with E-state index in [1.165, 1.54) is 6.92 Å². The van der Waals surface area contributed by atoms with Gasteiger partial charge < -0.3 is 5.32 Å². The summed E-state index contributed by atoms with van der Waals surface area (Å²) in [7, 11) is -8.19. The molecule has 0 aliphatic carbocycles. The Morgan fingerprint density at radius 3 is 2.53 bits per heavy atom. The lowest BCUT2D eigenvalue weighted by atomic mass is 10.0. The van der Waals surface area contributed by atoms with E-state index in [0.717, 1.165) is 6.08 Å². The molecule has 2 atom stereocenters. The Labute approximate surface area is 99.6 Å². The fourth-order valence-corrected chi connectivity index (χ4v) is 6.24. The van der Waals surface area contributed by atoms with Crippen LogP contribution in [0.15, 0.2) is 12.7 Å². The predicted molar refractivity (Wildman–Crippen MR) is 60.7 cm³/mol. The molecule has 9 heteroatoms. The molecule has 98 valence electrons. The molecule has 1 fully saturated rings. The van der Waals surface area contributed by atoms with E-state index in [4.69, 9.17) is 4.55 Å². The Kier molecular flexibility index (Phi) is 3.38. The van der Waals surface area contributed by atoms with Crippen molar-refractivity contribution in [1.82, 2.24) is 5.32 Å². The molecule has 0 aromatic carbocycles. The number of carbonyl (C=O) groups is 1. The Hall–Kier alpha value is -0.930. The second-order valence-corrected chi connectivity index (χ2v) is 7.88. The largest absolute Gasteiger partial charge is 0.345 e. The SMILES string of the molecule is C=CC(=O)N[C@]1(C)CS(=O)(=O)C[C@@H]1S(=O)(=O)O. The van der Waals surface area contributed by atoms with Crippen LogP contribution in [0.5, 0.6) is 0 Å². The average Bonchev–Trinajstić information content (AvgIpc) is 2.35. The first kappa shape index (κ1) is 14.1. The summed E-state index contributed by atoms with van der Waals surface area (Å²) in [6, 6.07) is 0. The van der Waals surface area contributed by atoms with E-state index in [1.54, 1.807) is 0 Å². The minimum absolute atomic E-state index is 0.538. The third-order valence-corrected chi connectivity index (χ3v) is 6.09. The van der Waals surface area contributed by atoms with Gasteiger partial charge >= 0.3 is 0 Å². The lowest BCUT2D eigenvalue weighted by Gasteiger charge is -2.28. The molecule has 7 nitrogen and oxygen atoms in total. The van der Waals surface area contributed by atoms with Crippen molar-refractivity contribution in [1.29, 1.82) is 0 Å². The van der Waals surface area contributed by atoms with Crippen LogP contribution in [-0.2, 0) is 24.7 Å². The maximum absolute atomic E-state index is 11.4. The van der Waals surface area contributed by atoms with Crippen LogP contribution in [-0.4, -0.2) is 49.6 Å². The minimum atomic E-state index is -4.56. The van der Waals surface area contributed by atoms with Gasteiger partial charge in [0.05, 0.1) is 17.0 Å². The number of amides is 1. The summed E-state index contributed by atoms with van der Waals surface area (Å²) in [5.41, 5.74) is -1.54. The van der Waals surface area contributed by atoms with Gasteiger partial charge in [0, 0.05) is 0 Å². The molecule has 1 aliphatic rings. The summed E-state index contributed by atoms with van der Waals surface area (Å²) >= 11 is 0. The molecule has 0 bridgehead atoms. The first-order chi connectivity index (χ1) is 7.50. The predicted octanol–water partition coefficient (Wildman–Crippen LogP) is -1.27. The van der Waals surface area contributed by atoms with Crippen LogP contribution >= 0.6 is 0 Å². The first-order valence-corrected chi connectivity index (χ1v) is 7.94. The number of sulfone groups is 1. The smallest absolute Gasteiger partial charge is 0.271 e. The standard InChI is InChI=1S/C8H13NO6S2/c1-3-7(10)9-8(2)5-16(11,12)4-6(8)17(13,14)15/h3,6H,1,4-5H2,2H3,(H,9,10)(H,13,14,15)/t6-,8+/m0/s1. The van der Waals surface area contributed by atoms with Crippen molar-refractivity contribution in [2.24, 2.45) is 0 Å². The summed E-state index contributed by atoms with van der Waals surface area (Å²) < 4.78 is 54.1. The number of hydrogen-bond donors (Lipinski definition) is 2. The van der Waals surface area contributed by atoms with Gasteiger partial charge in [0.15, 0.2) is 9.84 Å². The van der Waals surface area contributed by atoms with E-state index < -0.39 is 48.2 Å². The summed E-state index contributed by atoms with van der Waals surface area (Å²) in [5.74, 6) is -1.94. The van der Waals surface area contributed by atoms with E-state index in [1.807, 2.05) is 0 Å². The van der Waals surface area contributed by atoms with Gasteiger partial charge in [-0.25, -0.2) is 8.42 Å². The van der Waals surface area contributed by atoms with Gasteiger partial charge in [0.1, 0.15) is 5.25 Å². The van der Waals surface area contributed by atoms with Crippen LogP contribution in [0.2, 0.25) is 0 Å². The molecule has 17 heavy (non-hydrogen) atoms. The molecule has 1 rings (SSSR count). The zero-order valence-corrected chi connectivity index (χ0v) is 10.7. The fourth-order valence-electron chi connectivity index (χ4n) is 1.89. The van der Waals surface area contributed by atoms with Crippen LogP contribution in [0.3, 0.4) is 0 Å². The topological polar surface area (TPSA) is 118 Å². The van der Waals surface area contributed by atoms with E-state index in [2.05, 4.69) is 11.9 Å². The Morgan fingerprint density at radius 2 is 2.12 bits per heavy atom. The lowest BCUT2D eigenvalue weighted by molar-refractivity contribution is -0.117. The van der Waals surface area contributed by atoms with Gasteiger partial charge in [-0.05, 0) is 13.0 Å². The van der Waals surface area contributed by atoms with Gasteiger partial charge in [-0.15, -0.1) is 0 Å². The van der Waals surface area contributed by atoms with Crippen LogP contribution in [0, 0.1) is 0 Å². The quantitative estimate of drug-likeness (QED) is 0.492. The average molecular weight is 283 g/mol. The summed E-state index contributed by atoms with van der Waals surface area (Å²) in [5, 5.41) is 0.676. The lowest BCUT2D eigenvalue weighted by Crippen LogP contribution is -2.56. The molecule has 1 amide bonds. The highest BCUT2D eigenvalue weighted by molar-refractivity contribution is 7.94. The maximum atomic E-state index is 11.4. The van der Waals surface area contributed by atoms with E-state index in [0.29, 0.717) is 0 Å². The third-order valence-electron chi connectivity index (χ3n) is 2.59. The summed E-state index contributed by atoms with van der Waals surface area (Å²) in [6.45, 7) is 4.45. The molecule has 2 N–H and O–H groups in total. The highest BCUT2D eigenvalue weighted by Crippen LogP contribution is 2.28. The van der Waals surface area contributed by atoms with Crippen molar-refractivity contribution in [2.45, 2.75) is 17.7 Å². The molecule has 1 aliphatic heterocycles. The Bertz CT molecular complexity index is 549. The van der Waals surface area contributed by atoms with E-state index in [9.17, 15) is 21.6 Å². The zero-order valence-electron chi connectivity index (χ0n) is 9.08. The van der Waals surface area contributed by atoms with Crippen LogP contribution in [0.4, 0.5) is 0 Å². The Morgan fingerprint density at radius 1 is 1.59 bits per heavy atom. The maximum Gasteiger partial charge on any atom is 0.271 e. The molecule has 1 heterocycles. The summed E-state index contributed by atoms with van der Waals surface area (Å²) in [6.07, 6.45) is 0.900. The molecule has 1 saturated heterocycles. The molecule has 0 saturated carbocycles. The highest BCUT2D eigenvalue weighted by atomic mass is 32.2. The molecular weight excluding hydrogens is 270 g/mol. The normalized spacial score (nSPS) is 32.0. The summed E-state index contributed by atoms with van der Waals surface area (Å²) in [4.78, 5) is 11.2. The Balaban J connectivity index is 3.19. The first-order valence-electron chi connectivity index (χ1n) is 4.61. The van der Waals surface area contributed by atoms with Crippen molar-refractivity contribution >= 4 is 25.9 Å². The number of carbonyl (C=O) groups excluding carboxylic acids is 1. The monoisotopic (exact) mass is 283 g/mol. The van der Waals surface area contributed by atoms with Gasteiger partial charge in [-0.3, -0.25) is 9.35 Å². The van der Waals surface area contributed by atoms with E-state index >= 15 is 0 Å². The molecule has 0 radical (unpaired) electrons. The van der Waals surface area contributed by atoms with Crippen LogP contribution in [0.1, 0.15) is 6.92 Å². The van der Waals surface area contributed by atoms with Gasteiger partial charge in [-0.2, -0.15) is 8.42 Å². The van der Waals surface area contributed by atoms with Crippen molar-refractivity contribution in [3.8, 4) is 0 Å². The van der Waals surface area contributed by atoms with Crippen LogP contribution < -0.4 is 5.32 Å². The molecule has 0 spiro atoms. The van der Waals surface area contributed by atoms with Crippen LogP contribution in [0.25, 0.3) is 0 Å². The minimum Gasteiger partial charge on any atom is -0.345 e. The second-order valence-electron chi connectivity index (χ2n) is 4.17. The second kappa shape index (κ2) is 4.07. The number of nitrogens with one attached hydrogen (secondary N) is 1. The van der Waals surface area contributed by atoms with Crippen molar-refractivity contribution in [3.05, 3.63) is 12.7 Å². The zero-order chi connectivity index (χ0) is 13.5. The highest BCUT2D eigenvalue weighted by Gasteiger charge is 2.53. The van der Waals surface area contributed by atoms with Gasteiger partial charge in [-0.1, -0.05) is 6.58 Å². The van der Waals surface area contributed by atoms with Crippen molar-refractivity contribution < 1.29 is 26.2 Å².